The van der Waals surface area contributed by atoms with Crippen molar-refractivity contribution in [3.63, 3.8) is 0 Å². The van der Waals surface area contributed by atoms with Crippen LogP contribution in [0.3, 0.4) is 0 Å². The van der Waals surface area contributed by atoms with Crippen LogP contribution in [0, 0.1) is 5.92 Å². The van der Waals surface area contributed by atoms with Gasteiger partial charge in [0.05, 0.1) is 18.4 Å². The number of benzene rings is 1. The van der Waals surface area contributed by atoms with Crippen LogP contribution in [0.25, 0.3) is 22.7 Å². The Labute approximate surface area is 223 Å². The molecule has 210 valence electrons. The monoisotopic (exact) mass is 547 g/mol. The molecule has 3 N–H and O–H groups in total. The zero-order valence-corrected chi connectivity index (χ0v) is 22.0. The van der Waals surface area contributed by atoms with Crippen molar-refractivity contribution in [2.75, 3.05) is 0 Å². The van der Waals surface area contributed by atoms with Gasteiger partial charge in [-0.1, -0.05) is 26.0 Å². The Kier molecular flexibility index (Phi) is 8.43. The Balaban J connectivity index is 1.60. The topological polar surface area (TPSA) is 122 Å². The second-order valence-electron chi connectivity index (χ2n) is 9.85. The molecule has 1 saturated carbocycles. The maximum absolute atomic E-state index is 13.1. The summed E-state index contributed by atoms with van der Waals surface area (Å²) in [7, 11) is 0. The minimum atomic E-state index is -4.87. The maximum atomic E-state index is 13.1. The number of nitrogens with one attached hydrogen (secondary N) is 2. The lowest BCUT2D eigenvalue weighted by molar-refractivity contribution is -0.208. The van der Waals surface area contributed by atoms with Crippen LogP contribution in [0.5, 0.6) is 0 Å². The van der Waals surface area contributed by atoms with Crippen LogP contribution in [-0.4, -0.2) is 56.0 Å². The molecule has 3 aromatic rings. The highest BCUT2D eigenvalue weighted by molar-refractivity contribution is 5.94. The van der Waals surface area contributed by atoms with E-state index in [4.69, 9.17) is 4.42 Å². The molecule has 12 heteroatoms. The molecule has 1 aliphatic rings. The van der Waals surface area contributed by atoms with Gasteiger partial charge in [0.1, 0.15) is 5.69 Å². The third-order valence-corrected chi connectivity index (χ3v) is 6.88. The maximum Gasteiger partial charge on any atom is 0.416 e. The molecule has 2 unspecified atom stereocenters. The molecule has 4 rings (SSSR count). The SMILES string of the molecule is CCC(CC)NC(=O)c1cnc(-c2cccc(-c3cc(C(=O)NC(C)C4CC4)n(CC(O)C(F)(F)F)n3)c2)o1. The first-order chi connectivity index (χ1) is 18.5. The highest BCUT2D eigenvalue weighted by Gasteiger charge is 2.39. The highest BCUT2D eigenvalue weighted by Crippen LogP contribution is 2.33. The van der Waals surface area contributed by atoms with Crippen LogP contribution in [-0.2, 0) is 6.54 Å². The van der Waals surface area contributed by atoms with Crippen molar-refractivity contribution >= 4 is 11.8 Å². The first-order valence-electron chi connectivity index (χ1n) is 13.0. The van der Waals surface area contributed by atoms with Gasteiger partial charge in [0.15, 0.2) is 6.10 Å². The summed E-state index contributed by atoms with van der Waals surface area (Å²) >= 11 is 0. The fraction of sp³-hybridized carbons (Fsp3) is 0.481. The molecule has 1 aliphatic carbocycles. The van der Waals surface area contributed by atoms with Gasteiger partial charge in [-0.05, 0) is 56.7 Å². The summed E-state index contributed by atoms with van der Waals surface area (Å²) < 4.78 is 45.8. The number of halogens is 3. The Morgan fingerprint density at radius 1 is 1.13 bits per heavy atom. The number of aliphatic hydroxyl groups excluding tert-OH is 1. The van der Waals surface area contributed by atoms with E-state index in [0.29, 0.717) is 17.0 Å². The van der Waals surface area contributed by atoms with E-state index >= 15 is 0 Å². The molecular weight excluding hydrogens is 515 g/mol. The number of hydrogen-bond acceptors (Lipinski definition) is 6. The van der Waals surface area contributed by atoms with Gasteiger partial charge >= 0.3 is 6.18 Å². The molecule has 9 nitrogen and oxygen atoms in total. The molecule has 1 fully saturated rings. The smallest absolute Gasteiger partial charge is 0.416 e. The van der Waals surface area contributed by atoms with Crippen LogP contribution in [0.4, 0.5) is 13.2 Å². The lowest BCUT2D eigenvalue weighted by atomic mass is 10.1. The fourth-order valence-electron chi connectivity index (χ4n) is 4.22. The van der Waals surface area contributed by atoms with Crippen LogP contribution < -0.4 is 10.6 Å². The molecule has 0 radical (unpaired) electrons. The number of rotatable bonds is 11. The predicted molar refractivity (Wildman–Crippen MR) is 137 cm³/mol. The predicted octanol–water partition coefficient (Wildman–Crippen LogP) is 4.58. The molecule has 0 saturated heterocycles. The van der Waals surface area contributed by atoms with Gasteiger partial charge in [-0.15, -0.1) is 0 Å². The third kappa shape index (κ3) is 6.86. The standard InChI is InChI=1S/C27H32F3N5O4/c1-4-19(5-2)33-25(38)22-13-31-26(39-22)18-8-6-7-17(11-18)20-12-21(24(37)32-15(3)16-9-10-16)35(34-20)14-23(36)27(28,29)30/h6-8,11-13,15-16,19,23,36H,4-5,9-10,14H2,1-3H3,(H,32,37)(H,33,38). The van der Waals surface area contributed by atoms with E-state index in [1.807, 2.05) is 20.8 Å². The first-order valence-corrected chi connectivity index (χ1v) is 13.0. The molecule has 2 amide bonds. The van der Waals surface area contributed by atoms with Gasteiger partial charge in [-0.2, -0.15) is 18.3 Å². The minimum absolute atomic E-state index is 0.0130. The molecule has 2 atom stereocenters. The van der Waals surface area contributed by atoms with Crippen molar-refractivity contribution in [2.24, 2.45) is 5.92 Å². The molecule has 39 heavy (non-hydrogen) atoms. The average molecular weight is 548 g/mol. The summed E-state index contributed by atoms with van der Waals surface area (Å²) in [5.41, 5.74) is 1.13. The number of amides is 2. The second-order valence-corrected chi connectivity index (χ2v) is 9.85. The lowest BCUT2D eigenvalue weighted by Gasteiger charge is -2.17. The summed E-state index contributed by atoms with van der Waals surface area (Å²) in [6.07, 6.45) is -2.72. The summed E-state index contributed by atoms with van der Waals surface area (Å²) in [6.45, 7) is 4.86. The van der Waals surface area contributed by atoms with Crippen molar-refractivity contribution in [3.05, 3.63) is 48.0 Å². The van der Waals surface area contributed by atoms with Crippen LogP contribution in [0.15, 0.2) is 40.9 Å². The van der Waals surface area contributed by atoms with Gasteiger partial charge in [-0.25, -0.2) is 4.98 Å². The van der Waals surface area contributed by atoms with E-state index in [0.717, 1.165) is 30.4 Å². The Hall–Kier alpha value is -3.67. The number of oxazole rings is 1. The number of aromatic nitrogens is 3. The molecular formula is C27H32F3N5O4. The van der Waals surface area contributed by atoms with Crippen molar-refractivity contribution in [3.8, 4) is 22.7 Å². The van der Waals surface area contributed by atoms with Crippen LogP contribution >= 0.6 is 0 Å². The molecule has 0 aliphatic heterocycles. The summed E-state index contributed by atoms with van der Waals surface area (Å²) in [5.74, 6) is -0.382. The van der Waals surface area contributed by atoms with Gasteiger partial charge in [-0.3, -0.25) is 14.3 Å². The van der Waals surface area contributed by atoms with E-state index < -0.39 is 24.7 Å². The Morgan fingerprint density at radius 3 is 2.46 bits per heavy atom. The zero-order chi connectivity index (χ0) is 28.3. The fourth-order valence-corrected chi connectivity index (χ4v) is 4.22. The third-order valence-electron chi connectivity index (χ3n) is 6.88. The highest BCUT2D eigenvalue weighted by atomic mass is 19.4. The Bertz CT molecular complexity index is 1310. The van der Waals surface area contributed by atoms with Crippen molar-refractivity contribution < 1.29 is 32.3 Å². The minimum Gasteiger partial charge on any atom is -0.431 e. The van der Waals surface area contributed by atoms with E-state index in [2.05, 4.69) is 20.7 Å². The largest absolute Gasteiger partial charge is 0.431 e. The number of aliphatic hydroxyl groups is 1. The van der Waals surface area contributed by atoms with Crippen LogP contribution in [0.2, 0.25) is 0 Å². The summed E-state index contributed by atoms with van der Waals surface area (Å²) in [6, 6.07) is 7.97. The van der Waals surface area contributed by atoms with Crippen molar-refractivity contribution in [2.45, 2.75) is 77.4 Å². The van der Waals surface area contributed by atoms with Gasteiger partial charge in [0.25, 0.3) is 11.8 Å². The number of nitrogens with zero attached hydrogens (tertiary/aromatic N) is 3. The van der Waals surface area contributed by atoms with E-state index in [1.54, 1.807) is 24.3 Å². The van der Waals surface area contributed by atoms with Gasteiger partial charge < -0.3 is 20.2 Å². The number of hydrogen-bond donors (Lipinski definition) is 3. The quantitative estimate of drug-likeness (QED) is 0.323. The second kappa shape index (κ2) is 11.6. The molecule has 2 heterocycles. The number of alkyl halides is 3. The van der Waals surface area contributed by atoms with Crippen molar-refractivity contribution in [1.82, 2.24) is 25.4 Å². The van der Waals surface area contributed by atoms with E-state index in [-0.39, 0.29) is 41.0 Å². The summed E-state index contributed by atoms with van der Waals surface area (Å²) in [4.78, 5) is 29.7. The molecule has 0 spiro atoms. The molecule has 0 bridgehead atoms. The lowest BCUT2D eigenvalue weighted by Crippen LogP contribution is -2.38. The van der Waals surface area contributed by atoms with Crippen molar-refractivity contribution in [1.29, 1.82) is 0 Å². The van der Waals surface area contributed by atoms with E-state index in [1.165, 1.54) is 12.3 Å². The number of carbonyl (C=O) groups excluding carboxylic acids is 2. The van der Waals surface area contributed by atoms with Gasteiger partial charge in [0, 0.05) is 23.2 Å². The summed E-state index contributed by atoms with van der Waals surface area (Å²) in [5, 5.41) is 19.6. The molecule has 2 aromatic heterocycles. The van der Waals surface area contributed by atoms with E-state index in [9.17, 15) is 27.9 Å². The van der Waals surface area contributed by atoms with Gasteiger partial charge in [0.2, 0.25) is 11.7 Å². The normalized spacial score (nSPS) is 15.3. The number of carbonyl (C=O) groups is 2. The first kappa shape index (κ1) is 28.3. The molecule has 1 aromatic carbocycles. The Morgan fingerprint density at radius 2 is 1.82 bits per heavy atom. The zero-order valence-electron chi connectivity index (χ0n) is 22.0. The van der Waals surface area contributed by atoms with Crippen LogP contribution in [0.1, 0.15) is 67.5 Å². The average Bonchev–Trinajstić information content (AvgIpc) is 3.48.